The van der Waals surface area contributed by atoms with E-state index in [9.17, 15) is 14.0 Å². The number of nitrogens with two attached hydrogens (primary N) is 1. The van der Waals surface area contributed by atoms with E-state index in [-0.39, 0.29) is 17.5 Å². The highest BCUT2D eigenvalue weighted by atomic mass is 35.5. The van der Waals surface area contributed by atoms with Crippen LogP contribution in [0, 0.1) is 5.82 Å². The fourth-order valence-electron chi connectivity index (χ4n) is 2.78. The van der Waals surface area contributed by atoms with Crippen molar-refractivity contribution in [3.8, 4) is 11.5 Å². The van der Waals surface area contributed by atoms with Gasteiger partial charge in [-0.3, -0.25) is 9.59 Å². The second kappa shape index (κ2) is 11.0. The Kier molecular flexibility index (Phi) is 7.88. The van der Waals surface area contributed by atoms with Gasteiger partial charge in [0, 0.05) is 11.8 Å². The number of amides is 2. The number of hydrogen-bond acceptors (Lipinski definition) is 5. The van der Waals surface area contributed by atoms with Crippen LogP contribution in [0.25, 0.3) is 6.08 Å². The first kappa shape index (κ1) is 23.6. The SMILES string of the molecule is COc1ccc(/C=C/C(=O)Nc2ccccc2N)cc1OCC(=O)Nc1ccc(F)c(Cl)c1. The number of nitrogens with one attached hydrogen (secondary N) is 2. The number of halogens is 2. The van der Waals surface area contributed by atoms with Gasteiger partial charge in [0.15, 0.2) is 18.1 Å². The van der Waals surface area contributed by atoms with Crippen molar-refractivity contribution < 1.29 is 23.5 Å². The van der Waals surface area contributed by atoms with Crippen LogP contribution in [-0.4, -0.2) is 25.5 Å². The number of rotatable bonds is 8. The Labute approximate surface area is 195 Å². The molecule has 9 heteroatoms. The molecule has 4 N–H and O–H groups in total. The average Bonchev–Trinajstić information content (AvgIpc) is 2.80. The van der Waals surface area contributed by atoms with Crippen molar-refractivity contribution in [3.63, 3.8) is 0 Å². The maximum Gasteiger partial charge on any atom is 0.262 e. The molecule has 0 aliphatic rings. The third kappa shape index (κ3) is 6.72. The van der Waals surface area contributed by atoms with Crippen LogP contribution in [0.15, 0.2) is 66.7 Å². The van der Waals surface area contributed by atoms with Gasteiger partial charge >= 0.3 is 0 Å². The molecular weight excluding hydrogens is 449 g/mol. The molecular formula is C24H21ClFN3O4. The quantitative estimate of drug-likeness (QED) is 0.326. The zero-order valence-electron chi connectivity index (χ0n) is 17.6. The fourth-order valence-corrected chi connectivity index (χ4v) is 2.96. The van der Waals surface area contributed by atoms with Crippen molar-refractivity contribution in [2.75, 3.05) is 30.1 Å². The van der Waals surface area contributed by atoms with Crippen molar-refractivity contribution in [2.24, 2.45) is 0 Å². The third-order valence-electron chi connectivity index (χ3n) is 4.40. The molecule has 0 heterocycles. The molecule has 0 aliphatic carbocycles. The predicted octanol–water partition coefficient (Wildman–Crippen LogP) is 4.74. The van der Waals surface area contributed by atoms with Gasteiger partial charge in [-0.15, -0.1) is 0 Å². The second-order valence-corrected chi connectivity index (χ2v) is 7.19. The van der Waals surface area contributed by atoms with E-state index in [0.29, 0.717) is 34.1 Å². The van der Waals surface area contributed by atoms with E-state index in [1.807, 2.05) is 0 Å². The first-order valence-electron chi connectivity index (χ1n) is 9.75. The summed E-state index contributed by atoms with van der Waals surface area (Å²) in [7, 11) is 1.47. The molecule has 3 aromatic rings. The lowest BCUT2D eigenvalue weighted by atomic mass is 10.2. The lowest BCUT2D eigenvalue weighted by molar-refractivity contribution is -0.118. The fraction of sp³-hybridized carbons (Fsp3) is 0.0833. The highest BCUT2D eigenvalue weighted by Gasteiger charge is 2.10. The van der Waals surface area contributed by atoms with Crippen LogP contribution in [0.4, 0.5) is 21.5 Å². The van der Waals surface area contributed by atoms with Crippen LogP contribution in [-0.2, 0) is 9.59 Å². The van der Waals surface area contributed by atoms with Crippen molar-refractivity contribution in [2.45, 2.75) is 0 Å². The van der Waals surface area contributed by atoms with Crippen LogP contribution in [0.2, 0.25) is 5.02 Å². The summed E-state index contributed by atoms with van der Waals surface area (Å²) in [6.07, 6.45) is 2.93. The van der Waals surface area contributed by atoms with Gasteiger partial charge in [-0.2, -0.15) is 0 Å². The topological polar surface area (TPSA) is 103 Å². The van der Waals surface area contributed by atoms with Gasteiger partial charge in [-0.25, -0.2) is 4.39 Å². The minimum atomic E-state index is -0.582. The molecule has 170 valence electrons. The van der Waals surface area contributed by atoms with Crippen LogP contribution >= 0.6 is 11.6 Å². The maximum absolute atomic E-state index is 13.2. The van der Waals surface area contributed by atoms with Crippen LogP contribution in [0.3, 0.4) is 0 Å². The number of para-hydroxylation sites is 2. The third-order valence-corrected chi connectivity index (χ3v) is 4.69. The molecule has 3 aromatic carbocycles. The first-order valence-corrected chi connectivity index (χ1v) is 10.1. The second-order valence-electron chi connectivity index (χ2n) is 6.79. The highest BCUT2D eigenvalue weighted by molar-refractivity contribution is 6.31. The Morgan fingerprint density at radius 2 is 1.85 bits per heavy atom. The van der Waals surface area contributed by atoms with Gasteiger partial charge in [-0.1, -0.05) is 29.8 Å². The van der Waals surface area contributed by atoms with E-state index in [1.54, 1.807) is 48.5 Å². The van der Waals surface area contributed by atoms with Crippen molar-refractivity contribution in [1.29, 1.82) is 0 Å². The van der Waals surface area contributed by atoms with E-state index in [1.165, 1.54) is 25.3 Å². The van der Waals surface area contributed by atoms with Gasteiger partial charge in [0.2, 0.25) is 5.91 Å². The van der Waals surface area contributed by atoms with Crippen molar-refractivity contribution in [1.82, 2.24) is 0 Å². The molecule has 0 aromatic heterocycles. The van der Waals surface area contributed by atoms with E-state index >= 15 is 0 Å². The Morgan fingerprint density at radius 1 is 1.06 bits per heavy atom. The number of carbonyl (C=O) groups is 2. The maximum atomic E-state index is 13.2. The largest absolute Gasteiger partial charge is 0.493 e. The summed E-state index contributed by atoms with van der Waals surface area (Å²) in [6.45, 7) is -0.327. The standard InChI is InChI=1S/C24H21ClFN3O4/c1-32-21-10-6-15(7-11-23(30)29-20-5-3-2-4-19(20)27)12-22(21)33-14-24(31)28-16-8-9-18(26)17(25)13-16/h2-13H,14,27H2,1H3,(H,28,31)(H,29,30)/b11-7+. The molecule has 0 atom stereocenters. The van der Waals surface area contributed by atoms with E-state index < -0.39 is 11.7 Å². The highest BCUT2D eigenvalue weighted by Crippen LogP contribution is 2.29. The van der Waals surface area contributed by atoms with Gasteiger partial charge in [0.1, 0.15) is 5.82 Å². The molecule has 0 spiro atoms. The lowest BCUT2D eigenvalue weighted by Gasteiger charge is -2.12. The summed E-state index contributed by atoms with van der Waals surface area (Å²) >= 11 is 5.72. The molecule has 0 radical (unpaired) electrons. The number of methoxy groups -OCH3 is 1. The van der Waals surface area contributed by atoms with Gasteiger partial charge < -0.3 is 25.8 Å². The number of hydrogen-bond donors (Lipinski definition) is 3. The summed E-state index contributed by atoms with van der Waals surface area (Å²) < 4.78 is 24.1. The zero-order chi connectivity index (χ0) is 23.8. The molecule has 0 fully saturated rings. The first-order chi connectivity index (χ1) is 15.9. The van der Waals surface area contributed by atoms with Gasteiger partial charge in [0.05, 0.1) is 23.5 Å². The normalized spacial score (nSPS) is 10.6. The smallest absolute Gasteiger partial charge is 0.262 e. The molecule has 2 amide bonds. The molecule has 0 unspecified atom stereocenters. The molecule has 0 aliphatic heterocycles. The molecule has 0 saturated heterocycles. The molecule has 33 heavy (non-hydrogen) atoms. The minimum absolute atomic E-state index is 0.103. The van der Waals surface area contributed by atoms with Crippen molar-refractivity contribution in [3.05, 3.63) is 83.1 Å². The Morgan fingerprint density at radius 3 is 2.58 bits per heavy atom. The summed E-state index contributed by atoms with van der Waals surface area (Å²) in [5.74, 6) is -0.698. The van der Waals surface area contributed by atoms with Gasteiger partial charge in [0.25, 0.3) is 5.91 Å². The van der Waals surface area contributed by atoms with E-state index in [2.05, 4.69) is 10.6 Å². The summed E-state index contributed by atoms with van der Waals surface area (Å²) in [4.78, 5) is 24.4. The van der Waals surface area contributed by atoms with Crippen molar-refractivity contribution >= 4 is 46.6 Å². The molecule has 3 rings (SSSR count). The number of benzene rings is 3. The minimum Gasteiger partial charge on any atom is -0.493 e. The number of ether oxygens (including phenoxy) is 2. The Balaban J connectivity index is 1.63. The molecule has 7 nitrogen and oxygen atoms in total. The van der Waals surface area contributed by atoms with Crippen LogP contribution in [0.1, 0.15) is 5.56 Å². The number of carbonyl (C=O) groups excluding carboxylic acids is 2. The van der Waals surface area contributed by atoms with E-state index in [0.717, 1.165) is 6.07 Å². The lowest BCUT2D eigenvalue weighted by Crippen LogP contribution is -2.20. The Hall–Kier alpha value is -4.04. The monoisotopic (exact) mass is 469 g/mol. The molecule has 0 bridgehead atoms. The summed E-state index contributed by atoms with van der Waals surface area (Å²) in [6, 6.07) is 15.8. The Bertz CT molecular complexity index is 1200. The zero-order valence-corrected chi connectivity index (χ0v) is 18.4. The van der Waals surface area contributed by atoms with Crippen LogP contribution in [0.5, 0.6) is 11.5 Å². The number of nitrogen functional groups attached to an aromatic ring is 1. The van der Waals surface area contributed by atoms with Gasteiger partial charge in [-0.05, 0) is 54.1 Å². The van der Waals surface area contributed by atoms with E-state index in [4.69, 9.17) is 26.8 Å². The predicted molar refractivity (Wildman–Crippen MR) is 127 cm³/mol. The summed E-state index contributed by atoms with van der Waals surface area (Å²) in [5, 5.41) is 5.16. The average molecular weight is 470 g/mol. The summed E-state index contributed by atoms with van der Waals surface area (Å²) in [5.41, 5.74) is 7.78. The molecule has 0 saturated carbocycles. The van der Waals surface area contributed by atoms with Crippen LogP contribution < -0.4 is 25.8 Å². The number of anilines is 3.